The van der Waals surface area contributed by atoms with E-state index in [1.165, 1.54) is 48.8 Å². The molecule has 0 aromatic heterocycles. The minimum atomic E-state index is -0.134. The van der Waals surface area contributed by atoms with Crippen molar-refractivity contribution in [1.82, 2.24) is 0 Å². The average Bonchev–Trinajstić information content (AvgIpc) is 2.88. The summed E-state index contributed by atoms with van der Waals surface area (Å²) in [4.78, 5) is 0. The van der Waals surface area contributed by atoms with Gasteiger partial charge in [-0.1, -0.05) is 60.7 Å². The summed E-state index contributed by atoms with van der Waals surface area (Å²) in [5, 5.41) is 56.3. The van der Waals surface area contributed by atoms with E-state index >= 15 is 0 Å². The normalized spacial score (nSPS) is 12.4. The molecule has 0 aliphatic carbocycles. The maximum atomic E-state index is 10.0. The third-order valence-electron chi connectivity index (χ3n) is 5.06. The van der Waals surface area contributed by atoms with Crippen LogP contribution in [0.25, 0.3) is 0 Å². The molecule has 0 aliphatic rings. The number of hydrogen-bond donors (Lipinski definition) is 4. The van der Waals surface area contributed by atoms with E-state index in [4.69, 9.17) is 0 Å². The van der Waals surface area contributed by atoms with Crippen molar-refractivity contribution in [1.29, 1.82) is 0 Å². The zero-order chi connectivity index (χ0) is 25.3. The molecular weight excluding hydrogens is 456 g/mol. The molecule has 4 rings (SSSR count). The summed E-state index contributed by atoms with van der Waals surface area (Å²) in [6.45, 7) is 0. The van der Waals surface area contributed by atoms with Gasteiger partial charge in [-0.25, -0.2) is 0 Å². The van der Waals surface area contributed by atoms with Crippen molar-refractivity contribution in [3.63, 3.8) is 0 Å². The van der Waals surface area contributed by atoms with Gasteiger partial charge in [0.05, 0.1) is 12.4 Å². The molecular formula is C28H22N4O4. The van der Waals surface area contributed by atoms with Crippen LogP contribution < -0.4 is 0 Å². The van der Waals surface area contributed by atoms with Crippen molar-refractivity contribution in [2.45, 2.75) is 0 Å². The lowest BCUT2D eigenvalue weighted by Crippen LogP contribution is -2.17. The lowest BCUT2D eigenvalue weighted by molar-refractivity contribution is 0.449. The van der Waals surface area contributed by atoms with Crippen LogP contribution in [-0.2, 0) is 0 Å². The third-order valence-corrected chi connectivity index (χ3v) is 5.06. The fraction of sp³-hybridized carbons (Fsp3) is 0. The highest BCUT2D eigenvalue weighted by Crippen LogP contribution is 2.22. The minimum Gasteiger partial charge on any atom is -0.508 e. The van der Waals surface area contributed by atoms with Crippen LogP contribution >= 0.6 is 0 Å². The summed E-state index contributed by atoms with van der Waals surface area (Å²) >= 11 is 0. The van der Waals surface area contributed by atoms with Crippen LogP contribution in [0, 0.1) is 0 Å². The van der Waals surface area contributed by atoms with Gasteiger partial charge in [0.15, 0.2) is 0 Å². The van der Waals surface area contributed by atoms with Crippen LogP contribution in [0.15, 0.2) is 117 Å². The van der Waals surface area contributed by atoms with Crippen LogP contribution in [0.2, 0.25) is 0 Å². The Balaban J connectivity index is 1.79. The number of aromatic hydroxyl groups is 4. The third kappa shape index (κ3) is 6.00. The molecule has 4 aromatic rings. The van der Waals surface area contributed by atoms with Gasteiger partial charge < -0.3 is 20.4 Å². The topological polar surface area (TPSA) is 130 Å². The summed E-state index contributed by atoms with van der Waals surface area (Å²) in [6, 6.07) is 27.0. The molecule has 0 aliphatic heterocycles. The molecule has 36 heavy (non-hydrogen) atoms. The molecule has 0 saturated carbocycles. The molecule has 0 amide bonds. The van der Waals surface area contributed by atoms with Gasteiger partial charge in [-0.15, -0.1) is 10.2 Å². The molecule has 0 fully saturated rings. The quantitative estimate of drug-likeness (QED) is 0.223. The van der Waals surface area contributed by atoms with Crippen molar-refractivity contribution in [2.75, 3.05) is 0 Å². The molecule has 0 radical (unpaired) electrons. The molecule has 0 atom stereocenters. The first-order valence-electron chi connectivity index (χ1n) is 10.9. The van der Waals surface area contributed by atoms with Gasteiger partial charge in [-0.05, 0) is 24.3 Å². The van der Waals surface area contributed by atoms with E-state index in [9.17, 15) is 20.4 Å². The van der Waals surface area contributed by atoms with Crippen LogP contribution in [0.1, 0.15) is 22.3 Å². The molecule has 4 aromatic carbocycles. The lowest BCUT2D eigenvalue weighted by atomic mass is 10.00. The van der Waals surface area contributed by atoms with Crippen molar-refractivity contribution < 1.29 is 20.4 Å². The Kier molecular flexibility index (Phi) is 7.47. The molecule has 0 spiro atoms. The van der Waals surface area contributed by atoms with Crippen molar-refractivity contribution in [3.8, 4) is 23.0 Å². The summed E-state index contributed by atoms with van der Waals surface area (Å²) < 4.78 is 0. The van der Waals surface area contributed by atoms with E-state index in [2.05, 4.69) is 20.4 Å². The number of phenols is 4. The van der Waals surface area contributed by atoms with E-state index in [0.717, 1.165) is 11.1 Å². The second kappa shape index (κ2) is 11.3. The Morgan fingerprint density at radius 2 is 0.889 bits per heavy atom. The molecule has 0 bridgehead atoms. The second-order valence-corrected chi connectivity index (χ2v) is 7.60. The first-order valence-corrected chi connectivity index (χ1v) is 10.9. The lowest BCUT2D eigenvalue weighted by Gasteiger charge is -2.08. The summed E-state index contributed by atoms with van der Waals surface area (Å²) in [5.41, 5.74) is 3.06. The van der Waals surface area contributed by atoms with Gasteiger partial charge in [-0.3, -0.25) is 0 Å². The van der Waals surface area contributed by atoms with Crippen LogP contribution in [0.4, 0.5) is 0 Å². The van der Waals surface area contributed by atoms with E-state index in [0.29, 0.717) is 22.6 Å². The molecule has 8 nitrogen and oxygen atoms in total. The smallest absolute Gasteiger partial charge is 0.128 e. The number of hydrogen-bond acceptors (Lipinski definition) is 8. The Bertz CT molecular complexity index is 1350. The number of phenolic OH excluding ortho intramolecular Hbond substituents is 4. The zero-order valence-electron chi connectivity index (χ0n) is 19.0. The van der Waals surface area contributed by atoms with E-state index in [-0.39, 0.29) is 23.0 Å². The van der Waals surface area contributed by atoms with Gasteiger partial charge in [0.2, 0.25) is 0 Å². The number of rotatable bonds is 7. The Morgan fingerprint density at radius 3 is 1.25 bits per heavy atom. The highest BCUT2D eigenvalue weighted by molar-refractivity contribution is 6.53. The zero-order valence-corrected chi connectivity index (χ0v) is 19.0. The van der Waals surface area contributed by atoms with E-state index in [1.54, 1.807) is 0 Å². The van der Waals surface area contributed by atoms with Gasteiger partial charge >= 0.3 is 0 Å². The van der Waals surface area contributed by atoms with Crippen molar-refractivity contribution in [2.24, 2.45) is 20.4 Å². The highest BCUT2D eigenvalue weighted by atomic mass is 16.3. The Labute approximate surface area is 207 Å². The minimum absolute atomic E-state index is 0.0610. The number of benzene rings is 4. The molecule has 4 N–H and O–H groups in total. The average molecular weight is 479 g/mol. The predicted molar refractivity (Wildman–Crippen MR) is 141 cm³/mol. The fourth-order valence-corrected chi connectivity index (χ4v) is 3.26. The van der Waals surface area contributed by atoms with Gasteiger partial charge in [0, 0.05) is 34.4 Å². The van der Waals surface area contributed by atoms with Gasteiger partial charge in [0.1, 0.15) is 34.4 Å². The monoisotopic (exact) mass is 478 g/mol. The first kappa shape index (κ1) is 23.9. The summed E-state index contributed by atoms with van der Waals surface area (Å²) in [5.74, 6) is -0.390. The highest BCUT2D eigenvalue weighted by Gasteiger charge is 2.15. The number of nitrogens with zero attached hydrogens (tertiary/aromatic N) is 4. The SMILES string of the molecule is Oc1ccc(C=NN=C(C(=NN=Cc2ccc(O)cc2O)c2ccccc2)c2ccccc2)c(O)c1. The van der Waals surface area contributed by atoms with E-state index in [1.807, 2.05) is 60.7 Å². The van der Waals surface area contributed by atoms with Crippen LogP contribution in [-0.4, -0.2) is 44.3 Å². The Morgan fingerprint density at radius 1 is 0.500 bits per heavy atom. The maximum Gasteiger partial charge on any atom is 0.128 e. The largest absolute Gasteiger partial charge is 0.508 e. The summed E-state index contributed by atoms with van der Waals surface area (Å²) in [7, 11) is 0. The van der Waals surface area contributed by atoms with Crippen LogP contribution in [0.3, 0.4) is 0 Å². The van der Waals surface area contributed by atoms with Gasteiger partial charge in [-0.2, -0.15) is 10.2 Å². The molecule has 0 saturated heterocycles. The van der Waals surface area contributed by atoms with Gasteiger partial charge in [0.25, 0.3) is 0 Å². The predicted octanol–water partition coefficient (Wildman–Crippen LogP) is 4.86. The second-order valence-electron chi connectivity index (χ2n) is 7.60. The van der Waals surface area contributed by atoms with Crippen molar-refractivity contribution in [3.05, 3.63) is 119 Å². The fourth-order valence-electron chi connectivity index (χ4n) is 3.26. The maximum absolute atomic E-state index is 10.0. The van der Waals surface area contributed by atoms with Crippen molar-refractivity contribution >= 4 is 23.9 Å². The molecule has 0 heterocycles. The standard InChI is InChI=1S/C28H22N4O4/c33-23-13-11-21(25(35)15-23)17-29-31-27(19-7-3-1-4-8-19)28(20-9-5-2-6-10-20)32-30-18-22-12-14-24(34)16-26(22)36/h1-18,33-36H. The molecule has 0 unspecified atom stereocenters. The molecule has 8 heteroatoms. The van der Waals surface area contributed by atoms with Crippen LogP contribution in [0.5, 0.6) is 23.0 Å². The van der Waals surface area contributed by atoms with E-state index < -0.39 is 0 Å². The summed E-state index contributed by atoms with van der Waals surface area (Å²) in [6.07, 6.45) is 2.75. The molecule has 178 valence electrons. The first-order chi connectivity index (χ1) is 17.5. The Hall–Kier alpha value is -5.24.